The summed E-state index contributed by atoms with van der Waals surface area (Å²) in [5.41, 5.74) is 0. The average Bonchev–Trinajstić information content (AvgIpc) is 2.34. The standard InChI is InChI=1S/C13H24F2O2/c1-2-10-5-3-4-6-11(10)12(16)7-8-17-9-13(14)15/h10-13,16H,2-9H2,1H3. The molecule has 0 amide bonds. The van der Waals surface area contributed by atoms with Crippen LogP contribution in [0.5, 0.6) is 0 Å². The zero-order chi connectivity index (χ0) is 12.7. The van der Waals surface area contributed by atoms with Gasteiger partial charge in [-0.2, -0.15) is 0 Å². The van der Waals surface area contributed by atoms with E-state index in [0.29, 0.717) is 18.3 Å². The van der Waals surface area contributed by atoms with Crippen molar-refractivity contribution in [3.63, 3.8) is 0 Å². The van der Waals surface area contributed by atoms with Gasteiger partial charge in [0.25, 0.3) is 6.43 Å². The van der Waals surface area contributed by atoms with Gasteiger partial charge in [0.05, 0.1) is 6.10 Å². The van der Waals surface area contributed by atoms with Crippen molar-refractivity contribution in [3.8, 4) is 0 Å². The van der Waals surface area contributed by atoms with Crippen LogP contribution in [0.25, 0.3) is 0 Å². The van der Waals surface area contributed by atoms with E-state index in [1.165, 1.54) is 19.3 Å². The molecule has 17 heavy (non-hydrogen) atoms. The van der Waals surface area contributed by atoms with Gasteiger partial charge in [0.1, 0.15) is 6.61 Å². The lowest BCUT2D eigenvalue weighted by Crippen LogP contribution is -2.31. The summed E-state index contributed by atoms with van der Waals surface area (Å²) >= 11 is 0. The highest BCUT2D eigenvalue weighted by Gasteiger charge is 2.29. The van der Waals surface area contributed by atoms with Gasteiger partial charge in [0.15, 0.2) is 0 Å². The van der Waals surface area contributed by atoms with E-state index in [-0.39, 0.29) is 6.61 Å². The van der Waals surface area contributed by atoms with Crippen LogP contribution in [0.4, 0.5) is 8.78 Å². The molecule has 1 rings (SSSR count). The Morgan fingerprint density at radius 3 is 2.65 bits per heavy atom. The Bertz CT molecular complexity index is 200. The van der Waals surface area contributed by atoms with Crippen LogP contribution >= 0.6 is 0 Å². The van der Waals surface area contributed by atoms with Crippen LogP contribution in [0.1, 0.15) is 45.4 Å². The van der Waals surface area contributed by atoms with Crippen molar-refractivity contribution in [1.82, 2.24) is 0 Å². The lowest BCUT2D eigenvalue weighted by Gasteiger charge is -2.34. The van der Waals surface area contributed by atoms with Gasteiger partial charge in [0.2, 0.25) is 0 Å². The van der Waals surface area contributed by atoms with E-state index in [4.69, 9.17) is 4.74 Å². The molecule has 0 saturated heterocycles. The molecule has 1 aliphatic carbocycles. The highest BCUT2D eigenvalue weighted by molar-refractivity contribution is 4.80. The van der Waals surface area contributed by atoms with Crippen LogP contribution in [0.3, 0.4) is 0 Å². The van der Waals surface area contributed by atoms with Crippen molar-refractivity contribution in [2.45, 2.75) is 58.0 Å². The lowest BCUT2D eigenvalue weighted by molar-refractivity contribution is -0.0149. The summed E-state index contributed by atoms with van der Waals surface area (Å²) in [5.74, 6) is 0.928. The van der Waals surface area contributed by atoms with E-state index in [9.17, 15) is 13.9 Å². The Balaban J connectivity index is 2.22. The summed E-state index contributed by atoms with van der Waals surface area (Å²) < 4.78 is 28.5. The number of aliphatic hydroxyl groups is 1. The highest BCUT2D eigenvalue weighted by atomic mass is 19.3. The SMILES string of the molecule is CCC1CCCCC1C(O)CCOCC(F)F. The second-order valence-corrected chi connectivity index (χ2v) is 4.94. The second kappa shape index (κ2) is 7.98. The fourth-order valence-corrected chi connectivity index (χ4v) is 2.84. The summed E-state index contributed by atoms with van der Waals surface area (Å²) in [7, 11) is 0. The first-order valence-electron chi connectivity index (χ1n) is 6.69. The molecule has 0 heterocycles. The fourth-order valence-electron chi connectivity index (χ4n) is 2.84. The molecular formula is C13H24F2O2. The van der Waals surface area contributed by atoms with Crippen LogP contribution in [-0.2, 0) is 4.74 Å². The molecule has 0 aromatic rings. The summed E-state index contributed by atoms with van der Waals surface area (Å²) in [6.07, 6.45) is 3.46. The number of ether oxygens (including phenoxy) is 1. The van der Waals surface area contributed by atoms with Gasteiger partial charge in [-0.1, -0.05) is 32.6 Å². The molecule has 1 fully saturated rings. The quantitative estimate of drug-likeness (QED) is 0.703. The van der Waals surface area contributed by atoms with E-state index < -0.39 is 19.1 Å². The maximum absolute atomic E-state index is 11.8. The average molecular weight is 250 g/mol. The number of halogens is 2. The third-order valence-electron chi connectivity index (χ3n) is 3.79. The third-order valence-corrected chi connectivity index (χ3v) is 3.79. The van der Waals surface area contributed by atoms with E-state index in [1.807, 2.05) is 0 Å². The van der Waals surface area contributed by atoms with Crippen molar-refractivity contribution in [3.05, 3.63) is 0 Å². The second-order valence-electron chi connectivity index (χ2n) is 4.94. The zero-order valence-electron chi connectivity index (χ0n) is 10.6. The van der Waals surface area contributed by atoms with Crippen molar-refractivity contribution in [2.24, 2.45) is 11.8 Å². The van der Waals surface area contributed by atoms with Gasteiger partial charge in [-0.3, -0.25) is 0 Å². The normalized spacial score (nSPS) is 27.4. The van der Waals surface area contributed by atoms with Crippen LogP contribution in [0.15, 0.2) is 0 Å². The fraction of sp³-hybridized carbons (Fsp3) is 1.00. The van der Waals surface area contributed by atoms with Crippen LogP contribution < -0.4 is 0 Å². The summed E-state index contributed by atoms with van der Waals surface area (Å²) in [6.45, 7) is 1.87. The smallest absolute Gasteiger partial charge is 0.261 e. The minimum Gasteiger partial charge on any atom is -0.393 e. The van der Waals surface area contributed by atoms with Gasteiger partial charge in [-0.25, -0.2) is 8.78 Å². The predicted molar refractivity (Wildman–Crippen MR) is 63.2 cm³/mol. The van der Waals surface area contributed by atoms with E-state index in [0.717, 1.165) is 12.8 Å². The van der Waals surface area contributed by atoms with Gasteiger partial charge >= 0.3 is 0 Å². The first-order chi connectivity index (χ1) is 8.15. The lowest BCUT2D eigenvalue weighted by atomic mass is 9.74. The molecule has 3 atom stereocenters. The third kappa shape index (κ3) is 5.30. The Kier molecular flexibility index (Phi) is 6.97. The topological polar surface area (TPSA) is 29.5 Å². The van der Waals surface area contributed by atoms with Gasteiger partial charge in [0, 0.05) is 6.61 Å². The Hall–Kier alpha value is -0.220. The molecule has 1 N–H and O–H groups in total. The number of hydrogen-bond acceptors (Lipinski definition) is 2. The molecule has 0 spiro atoms. The number of alkyl halides is 2. The van der Waals surface area contributed by atoms with Crippen molar-refractivity contribution in [2.75, 3.05) is 13.2 Å². The minimum absolute atomic E-state index is 0.235. The molecule has 1 saturated carbocycles. The summed E-state index contributed by atoms with van der Waals surface area (Å²) in [4.78, 5) is 0. The van der Waals surface area contributed by atoms with E-state index in [2.05, 4.69) is 6.92 Å². The number of hydrogen-bond donors (Lipinski definition) is 1. The molecular weight excluding hydrogens is 226 g/mol. The first-order valence-corrected chi connectivity index (χ1v) is 6.69. The van der Waals surface area contributed by atoms with Crippen LogP contribution in [0.2, 0.25) is 0 Å². The van der Waals surface area contributed by atoms with Crippen molar-refractivity contribution in [1.29, 1.82) is 0 Å². The van der Waals surface area contributed by atoms with Crippen LogP contribution in [0, 0.1) is 11.8 Å². The molecule has 0 aromatic carbocycles. The van der Waals surface area contributed by atoms with Gasteiger partial charge in [-0.15, -0.1) is 0 Å². The Labute approximate surface area is 102 Å². The predicted octanol–water partition coefficient (Wildman–Crippen LogP) is 3.24. The Morgan fingerprint density at radius 1 is 1.29 bits per heavy atom. The largest absolute Gasteiger partial charge is 0.393 e. The number of aliphatic hydroxyl groups excluding tert-OH is 1. The summed E-state index contributed by atoms with van der Waals surface area (Å²) in [6, 6.07) is 0. The van der Waals surface area contributed by atoms with E-state index in [1.54, 1.807) is 0 Å². The zero-order valence-corrected chi connectivity index (χ0v) is 10.6. The molecule has 0 aromatic heterocycles. The summed E-state index contributed by atoms with van der Waals surface area (Å²) in [5, 5.41) is 10.1. The van der Waals surface area contributed by atoms with Crippen molar-refractivity contribution >= 4 is 0 Å². The van der Waals surface area contributed by atoms with Gasteiger partial charge < -0.3 is 9.84 Å². The molecule has 102 valence electrons. The van der Waals surface area contributed by atoms with E-state index >= 15 is 0 Å². The van der Waals surface area contributed by atoms with Crippen LogP contribution in [-0.4, -0.2) is 30.8 Å². The number of rotatable bonds is 7. The first kappa shape index (κ1) is 14.8. The monoisotopic (exact) mass is 250 g/mol. The minimum atomic E-state index is -2.41. The van der Waals surface area contributed by atoms with Crippen molar-refractivity contribution < 1.29 is 18.6 Å². The molecule has 0 bridgehead atoms. The molecule has 0 radical (unpaired) electrons. The molecule has 3 unspecified atom stereocenters. The highest BCUT2D eigenvalue weighted by Crippen LogP contribution is 2.35. The van der Waals surface area contributed by atoms with Gasteiger partial charge in [-0.05, 0) is 24.7 Å². The molecule has 1 aliphatic rings. The maximum Gasteiger partial charge on any atom is 0.261 e. The molecule has 2 nitrogen and oxygen atoms in total. The molecule has 4 heteroatoms. The Morgan fingerprint density at radius 2 is 2.00 bits per heavy atom. The maximum atomic E-state index is 11.8. The molecule has 0 aliphatic heterocycles.